The lowest BCUT2D eigenvalue weighted by atomic mass is 10.3. The van der Waals surface area contributed by atoms with Gasteiger partial charge < -0.3 is 14.5 Å². The van der Waals surface area contributed by atoms with Gasteiger partial charge in [-0.1, -0.05) is 11.6 Å². The molecule has 2 heterocycles. The average molecular weight is 257 g/mol. The summed E-state index contributed by atoms with van der Waals surface area (Å²) < 4.78 is 5.20. The SMILES string of the molecule is COc1c(Cl)ncnc1N1CCN(C=O)CC1. The van der Waals surface area contributed by atoms with Gasteiger partial charge in [-0.25, -0.2) is 9.97 Å². The molecule has 0 N–H and O–H groups in total. The summed E-state index contributed by atoms with van der Waals surface area (Å²) in [5.74, 6) is 1.16. The third kappa shape index (κ3) is 2.41. The van der Waals surface area contributed by atoms with E-state index in [1.54, 1.807) is 4.90 Å². The second-order valence-electron chi connectivity index (χ2n) is 3.65. The van der Waals surface area contributed by atoms with E-state index >= 15 is 0 Å². The van der Waals surface area contributed by atoms with E-state index in [1.165, 1.54) is 13.4 Å². The highest BCUT2D eigenvalue weighted by atomic mass is 35.5. The van der Waals surface area contributed by atoms with E-state index in [-0.39, 0.29) is 0 Å². The molecule has 0 aliphatic carbocycles. The van der Waals surface area contributed by atoms with Gasteiger partial charge >= 0.3 is 0 Å². The summed E-state index contributed by atoms with van der Waals surface area (Å²) >= 11 is 5.94. The van der Waals surface area contributed by atoms with E-state index in [9.17, 15) is 4.79 Å². The Balaban J connectivity index is 2.18. The van der Waals surface area contributed by atoms with E-state index in [4.69, 9.17) is 16.3 Å². The van der Waals surface area contributed by atoms with Crippen LogP contribution in [0.2, 0.25) is 5.15 Å². The second-order valence-corrected chi connectivity index (χ2v) is 4.01. The number of methoxy groups -OCH3 is 1. The van der Waals surface area contributed by atoms with Crippen LogP contribution in [0.3, 0.4) is 0 Å². The first kappa shape index (κ1) is 11.9. The summed E-state index contributed by atoms with van der Waals surface area (Å²) in [7, 11) is 1.54. The van der Waals surface area contributed by atoms with E-state index in [2.05, 4.69) is 9.97 Å². The van der Waals surface area contributed by atoms with Gasteiger partial charge in [-0.05, 0) is 0 Å². The molecule has 1 aromatic heterocycles. The number of carbonyl (C=O) groups excluding carboxylic acids is 1. The molecule has 0 aromatic carbocycles. The lowest BCUT2D eigenvalue weighted by molar-refractivity contribution is -0.118. The number of halogens is 1. The molecule has 2 rings (SSSR count). The maximum atomic E-state index is 10.6. The lowest BCUT2D eigenvalue weighted by Gasteiger charge is -2.33. The molecule has 7 heteroatoms. The van der Waals surface area contributed by atoms with Gasteiger partial charge in [0.2, 0.25) is 6.41 Å². The molecule has 0 unspecified atom stereocenters. The monoisotopic (exact) mass is 256 g/mol. The van der Waals surface area contributed by atoms with Gasteiger partial charge in [-0.3, -0.25) is 4.79 Å². The van der Waals surface area contributed by atoms with Crippen LogP contribution in [0.25, 0.3) is 0 Å². The Bertz CT molecular complexity index is 407. The number of carbonyl (C=O) groups is 1. The van der Waals surface area contributed by atoms with Crippen LogP contribution in [0.5, 0.6) is 5.75 Å². The zero-order chi connectivity index (χ0) is 12.3. The van der Waals surface area contributed by atoms with Crippen LogP contribution < -0.4 is 9.64 Å². The molecule has 6 nitrogen and oxygen atoms in total. The third-order valence-electron chi connectivity index (χ3n) is 2.71. The summed E-state index contributed by atoms with van der Waals surface area (Å²) in [6.07, 6.45) is 2.27. The van der Waals surface area contributed by atoms with Crippen LogP contribution >= 0.6 is 11.6 Å². The first-order valence-corrected chi connectivity index (χ1v) is 5.63. The quantitative estimate of drug-likeness (QED) is 0.579. The largest absolute Gasteiger partial charge is 0.490 e. The predicted molar refractivity (Wildman–Crippen MR) is 63.4 cm³/mol. The predicted octanol–water partition coefficient (Wildman–Crippen LogP) is 0.417. The van der Waals surface area contributed by atoms with Crippen molar-refractivity contribution in [2.24, 2.45) is 0 Å². The fourth-order valence-electron chi connectivity index (χ4n) is 1.78. The van der Waals surface area contributed by atoms with Crippen LogP contribution in [0.1, 0.15) is 0 Å². The van der Waals surface area contributed by atoms with Gasteiger partial charge in [0.15, 0.2) is 16.7 Å². The van der Waals surface area contributed by atoms with Gasteiger partial charge in [0.05, 0.1) is 7.11 Å². The topological polar surface area (TPSA) is 58.6 Å². The van der Waals surface area contributed by atoms with E-state index < -0.39 is 0 Å². The Morgan fingerprint density at radius 1 is 1.35 bits per heavy atom. The van der Waals surface area contributed by atoms with Crippen molar-refractivity contribution in [1.29, 1.82) is 0 Å². The fourth-order valence-corrected chi connectivity index (χ4v) is 1.99. The van der Waals surface area contributed by atoms with Crippen molar-refractivity contribution in [2.75, 3.05) is 38.2 Å². The molecule has 92 valence electrons. The van der Waals surface area contributed by atoms with Gasteiger partial charge in [0.1, 0.15) is 6.33 Å². The molecule has 0 spiro atoms. The zero-order valence-corrected chi connectivity index (χ0v) is 10.2. The zero-order valence-electron chi connectivity index (χ0n) is 9.47. The van der Waals surface area contributed by atoms with Crippen LogP contribution in [0.15, 0.2) is 6.33 Å². The standard InChI is InChI=1S/C10H13ClN4O2/c1-17-8-9(11)12-6-13-10(8)15-4-2-14(7-16)3-5-15/h6-7H,2-5H2,1H3. The fraction of sp³-hybridized carbons (Fsp3) is 0.500. The Morgan fingerprint density at radius 2 is 2.06 bits per heavy atom. The second kappa shape index (κ2) is 5.18. The van der Waals surface area contributed by atoms with Crippen LogP contribution in [-0.2, 0) is 4.79 Å². The number of amides is 1. The van der Waals surface area contributed by atoms with Gasteiger partial charge in [-0.15, -0.1) is 0 Å². The van der Waals surface area contributed by atoms with Crippen molar-refractivity contribution in [3.63, 3.8) is 0 Å². The molecule has 0 radical (unpaired) electrons. The number of nitrogens with zero attached hydrogens (tertiary/aromatic N) is 4. The number of hydrogen-bond donors (Lipinski definition) is 0. The first-order chi connectivity index (χ1) is 8.26. The molecule has 17 heavy (non-hydrogen) atoms. The van der Waals surface area contributed by atoms with Crippen molar-refractivity contribution in [1.82, 2.24) is 14.9 Å². The highest BCUT2D eigenvalue weighted by Crippen LogP contribution is 2.31. The number of piperazine rings is 1. The summed E-state index contributed by atoms with van der Waals surface area (Å²) in [6.45, 7) is 2.77. The Morgan fingerprint density at radius 3 is 2.65 bits per heavy atom. The molecule has 1 aromatic rings. The van der Waals surface area contributed by atoms with Crippen molar-refractivity contribution >= 4 is 23.8 Å². The van der Waals surface area contributed by atoms with Crippen LogP contribution in [0, 0.1) is 0 Å². The third-order valence-corrected chi connectivity index (χ3v) is 2.98. The van der Waals surface area contributed by atoms with Crippen LogP contribution in [0.4, 0.5) is 5.82 Å². The van der Waals surface area contributed by atoms with E-state index in [1.807, 2.05) is 4.90 Å². The maximum Gasteiger partial charge on any atom is 0.209 e. The Hall–Kier alpha value is -1.56. The summed E-state index contributed by atoms with van der Waals surface area (Å²) in [4.78, 5) is 22.4. The van der Waals surface area contributed by atoms with E-state index in [0.717, 1.165) is 6.41 Å². The maximum absolute atomic E-state index is 10.6. The van der Waals surface area contributed by atoms with Crippen molar-refractivity contribution in [2.45, 2.75) is 0 Å². The minimum atomic E-state index is 0.301. The lowest BCUT2D eigenvalue weighted by Crippen LogP contribution is -2.46. The number of hydrogen-bond acceptors (Lipinski definition) is 5. The minimum absolute atomic E-state index is 0.301. The van der Waals surface area contributed by atoms with Gasteiger partial charge in [0.25, 0.3) is 0 Å². The molecule has 0 saturated carbocycles. The smallest absolute Gasteiger partial charge is 0.209 e. The average Bonchev–Trinajstić information content (AvgIpc) is 2.38. The first-order valence-electron chi connectivity index (χ1n) is 5.25. The van der Waals surface area contributed by atoms with Crippen LogP contribution in [-0.4, -0.2) is 54.6 Å². The summed E-state index contributed by atoms with van der Waals surface area (Å²) in [6, 6.07) is 0. The summed E-state index contributed by atoms with van der Waals surface area (Å²) in [5, 5.41) is 0.301. The number of rotatable bonds is 3. The van der Waals surface area contributed by atoms with Crippen molar-refractivity contribution in [3.8, 4) is 5.75 Å². The van der Waals surface area contributed by atoms with E-state index in [0.29, 0.717) is 42.9 Å². The molecule has 1 amide bonds. The molecule has 1 saturated heterocycles. The highest BCUT2D eigenvalue weighted by Gasteiger charge is 2.21. The molecule has 1 aliphatic rings. The number of ether oxygens (including phenoxy) is 1. The summed E-state index contributed by atoms with van der Waals surface area (Å²) in [5.41, 5.74) is 0. The van der Waals surface area contributed by atoms with Gasteiger partial charge in [-0.2, -0.15) is 0 Å². The van der Waals surface area contributed by atoms with Gasteiger partial charge in [0, 0.05) is 26.2 Å². The molecule has 1 aliphatic heterocycles. The Labute approximate surface area is 104 Å². The highest BCUT2D eigenvalue weighted by molar-refractivity contribution is 6.31. The Kier molecular flexibility index (Phi) is 3.63. The number of aromatic nitrogens is 2. The number of anilines is 1. The normalized spacial score (nSPS) is 15.9. The molecular weight excluding hydrogens is 244 g/mol. The molecular formula is C10H13ClN4O2. The molecule has 0 bridgehead atoms. The minimum Gasteiger partial charge on any atom is -0.490 e. The van der Waals surface area contributed by atoms with Crippen molar-refractivity contribution < 1.29 is 9.53 Å². The molecule has 0 atom stereocenters. The van der Waals surface area contributed by atoms with Crippen molar-refractivity contribution in [3.05, 3.63) is 11.5 Å². The molecule has 1 fully saturated rings.